The maximum Gasteiger partial charge on any atom is 0.159 e. The van der Waals surface area contributed by atoms with Gasteiger partial charge in [0.2, 0.25) is 0 Å². The van der Waals surface area contributed by atoms with E-state index in [9.17, 15) is 0 Å². The van der Waals surface area contributed by atoms with E-state index in [2.05, 4.69) is 43.4 Å². The van der Waals surface area contributed by atoms with Crippen molar-refractivity contribution in [3.63, 3.8) is 0 Å². The van der Waals surface area contributed by atoms with Crippen LogP contribution in [0.4, 0.5) is 0 Å². The predicted octanol–water partition coefficient (Wildman–Crippen LogP) is 3.05. The van der Waals surface area contributed by atoms with Gasteiger partial charge in [-0.2, -0.15) is 5.10 Å². The Morgan fingerprint density at radius 2 is 2.00 bits per heavy atom. The van der Waals surface area contributed by atoms with E-state index >= 15 is 0 Å². The Morgan fingerprint density at radius 1 is 1.08 bits per heavy atom. The summed E-state index contributed by atoms with van der Waals surface area (Å²) >= 11 is 6.37. The van der Waals surface area contributed by atoms with Gasteiger partial charge < -0.3 is 4.98 Å². The van der Waals surface area contributed by atoms with Crippen LogP contribution in [-0.2, 0) is 0 Å². The van der Waals surface area contributed by atoms with Crippen LogP contribution < -0.4 is 10.6 Å². The van der Waals surface area contributed by atoms with Gasteiger partial charge in [0, 0.05) is 23.2 Å². The molecule has 0 aliphatic heterocycles. The maximum absolute atomic E-state index is 6.37. The number of pyridine rings is 1. The van der Waals surface area contributed by atoms with Crippen molar-refractivity contribution in [3.05, 3.63) is 70.0 Å². The number of para-hydroxylation sites is 2. The monoisotopic (exact) mass is 359 g/mol. The van der Waals surface area contributed by atoms with Gasteiger partial charge in [-0.25, -0.2) is 4.98 Å². The minimum atomic E-state index is 0.680. The number of fused-ring (bicyclic) bond motifs is 2. The van der Waals surface area contributed by atoms with Crippen LogP contribution in [0.2, 0.25) is 5.02 Å². The average Bonchev–Trinajstić information content (AvgIpc) is 3.19. The molecule has 5 nitrogen and oxygen atoms in total. The second-order valence-corrected chi connectivity index (χ2v) is 6.51. The Kier molecular flexibility index (Phi) is 3.47. The van der Waals surface area contributed by atoms with Crippen molar-refractivity contribution < 1.29 is 0 Å². The summed E-state index contributed by atoms with van der Waals surface area (Å²) in [5.41, 5.74) is 4.63. The summed E-state index contributed by atoms with van der Waals surface area (Å²) in [6.07, 6.45) is 10.6. The number of hydrogen-bond acceptors (Lipinski definition) is 3. The SMILES string of the molecule is Clc1ccncc1C1=CCC=c2[nH]nc(-c3nc4ccccc4[nH]3)c2=C1. The molecule has 3 heterocycles. The largest absolute Gasteiger partial charge is 0.337 e. The van der Waals surface area contributed by atoms with Gasteiger partial charge in [-0.05, 0) is 36.3 Å². The maximum atomic E-state index is 6.37. The molecule has 126 valence electrons. The molecule has 2 N–H and O–H groups in total. The zero-order valence-corrected chi connectivity index (χ0v) is 14.5. The Bertz CT molecular complexity index is 1250. The Balaban J connectivity index is 1.72. The first kappa shape index (κ1) is 15.1. The summed E-state index contributed by atoms with van der Waals surface area (Å²) in [6.45, 7) is 0. The predicted molar refractivity (Wildman–Crippen MR) is 104 cm³/mol. The molecule has 5 rings (SSSR count). The van der Waals surface area contributed by atoms with E-state index in [1.165, 1.54) is 0 Å². The van der Waals surface area contributed by atoms with Crippen LogP contribution in [0.15, 0.2) is 48.8 Å². The third-order valence-corrected chi connectivity index (χ3v) is 4.82. The molecule has 0 unspecified atom stereocenters. The van der Waals surface area contributed by atoms with Crippen LogP contribution in [0.1, 0.15) is 12.0 Å². The van der Waals surface area contributed by atoms with Crippen molar-refractivity contribution in [1.82, 2.24) is 25.1 Å². The number of H-pyrrole nitrogens is 2. The molecule has 0 bridgehead atoms. The highest BCUT2D eigenvalue weighted by Gasteiger charge is 2.13. The van der Waals surface area contributed by atoms with Crippen molar-refractivity contribution in [3.8, 4) is 11.5 Å². The molecule has 26 heavy (non-hydrogen) atoms. The van der Waals surface area contributed by atoms with Crippen LogP contribution in [0.3, 0.4) is 0 Å². The van der Waals surface area contributed by atoms with E-state index in [-0.39, 0.29) is 0 Å². The normalized spacial score (nSPS) is 13.5. The summed E-state index contributed by atoms with van der Waals surface area (Å²) in [5, 5.41) is 10.3. The average molecular weight is 360 g/mol. The number of nitrogens with one attached hydrogen (secondary N) is 2. The molecule has 0 radical (unpaired) electrons. The zero-order chi connectivity index (χ0) is 17.5. The molecular formula is C20H14ClN5. The van der Waals surface area contributed by atoms with Crippen molar-refractivity contribution in [2.75, 3.05) is 0 Å². The van der Waals surface area contributed by atoms with Gasteiger partial charge in [0.15, 0.2) is 5.82 Å². The molecule has 0 spiro atoms. The Morgan fingerprint density at radius 3 is 2.88 bits per heavy atom. The summed E-state index contributed by atoms with van der Waals surface area (Å²) in [4.78, 5) is 12.2. The fraction of sp³-hybridized carbons (Fsp3) is 0.0500. The van der Waals surface area contributed by atoms with E-state index in [0.717, 1.165) is 50.7 Å². The summed E-state index contributed by atoms with van der Waals surface area (Å²) < 4.78 is 0. The molecule has 1 aliphatic carbocycles. The minimum Gasteiger partial charge on any atom is -0.337 e. The first-order valence-electron chi connectivity index (χ1n) is 8.31. The first-order chi connectivity index (χ1) is 12.8. The van der Waals surface area contributed by atoms with Crippen molar-refractivity contribution in [2.45, 2.75) is 6.42 Å². The lowest BCUT2D eigenvalue weighted by molar-refractivity contribution is 1.05. The second kappa shape index (κ2) is 5.97. The van der Waals surface area contributed by atoms with Crippen LogP contribution in [0.25, 0.3) is 40.3 Å². The molecule has 0 saturated carbocycles. The second-order valence-electron chi connectivity index (χ2n) is 6.10. The lowest BCUT2D eigenvalue weighted by Crippen LogP contribution is -2.23. The van der Waals surface area contributed by atoms with Gasteiger partial charge in [-0.3, -0.25) is 10.1 Å². The number of aromatic nitrogens is 5. The van der Waals surface area contributed by atoms with E-state index in [4.69, 9.17) is 11.6 Å². The van der Waals surface area contributed by atoms with Gasteiger partial charge in [0.1, 0.15) is 5.69 Å². The lowest BCUT2D eigenvalue weighted by Gasteiger charge is -2.03. The molecule has 4 aromatic rings. The van der Waals surface area contributed by atoms with Crippen LogP contribution in [0.5, 0.6) is 0 Å². The van der Waals surface area contributed by atoms with Gasteiger partial charge in [-0.15, -0.1) is 0 Å². The summed E-state index contributed by atoms with van der Waals surface area (Å²) in [5.74, 6) is 0.742. The zero-order valence-electron chi connectivity index (χ0n) is 13.7. The molecule has 3 aromatic heterocycles. The molecule has 1 aliphatic rings. The summed E-state index contributed by atoms with van der Waals surface area (Å²) in [6, 6.07) is 9.76. The number of benzene rings is 1. The smallest absolute Gasteiger partial charge is 0.159 e. The highest BCUT2D eigenvalue weighted by atomic mass is 35.5. The molecular weight excluding hydrogens is 346 g/mol. The summed E-state index contributed by atoms with van der Waals surface area (Å²) in [7, 11) is 0. The van der Waals surface area contributed by atoms with Crippen molar-refractivity contribution in [2.24, 2.45) is 0 Å². The standard InChI is InChI=1S/C20H14ClN5/c21-15-8-9-22-11-14(15)12-4-3-7-16-13(10-12)19(26-25-16)20-23-17-5-1-2-6-18(17)24-20/h1-2,4-11,25H,3H2,(H,23,24). The number of nitrogens with zero attached hydrogens (tertiary/aromatic N) is 3. The van der Waals surface area contributed by atoms with Crippen LogP contribution >= 0.6 is 11.6 Å². The quantitative estimate of drug-likeness (QED) is 0.578. The topological polar surface area (TPSA) is 70.2 Å². The fourth-order valence-electron chi connectivity index (χ4n) is 3.21. The molecule has 0 amide bonds. The van der Waals surface area contributed by atoms with Gasteiger partial charge in [0.25, 0.3) is 0 Å². The molecule has 0 atom stereocenters. The van der Waals surface area contributed by atoms with E-state index in [1.807, 2.05) is 24.3 Å². The molecule has 6 heteroatoms. The molecule has 0 fully saturated rings. The Labute approximate surface area is 153 Å². The molecule has 1 aromatic carbocycles. The van der Waals surface area contributed by atoms with Crippen LogP contribution in [-0.4, -0.2) is 25.1 Å². The number of rotatable bonds is 2. The van der Waals surface area contributed by atoms with Gasteiger partial charge in [-0.1, -0.05) is 35.9 Å². The number of allylic oxidation sites excluding steroid dienone is 2. The fourth-order valence-corrected chi connectivity index (χ4v) is 3.42. The van der Waals surface area contributed by atoms with Gasteiger partial charge in [0.05, 0.1) is 21.4 Å². The number of imidazole rings is 1. The van der Waals surface area contributed by atoms with E-state index in [1.54, 1.807) is 18.5 Å². The third kappa shape index (κ3) is 2.45. The first-order valence-corrected chi connectivity index (χ1v) is 8.69. The van der Waals surface area contributed by atoms with Gasteiger partial charge >= 0.3 is 0 Å². The van der Waals surface area contributed by atoms with E-state index < -0.39 is 0 Å². The van der Waals surface area contributed by atoms with Crippen molar-refractivity contribution >= 4 is 40.4 Å². The third-order valence-electron chi connectivity index (χ3n) is 4.49. The highest BCUT2D eigenvalue weighted by molar-refractivity contribution is 6.32. The van der Waals surface area contributed by atoms with E-state index in [0.29, 0.717) is 5.02 Å². The molecule has 0 saturated heterocycles. The van der Waals surface area contributed by atoms with Crippen LogP contribution in [0, 0.1) is 0 Å². The van der Waals surface area contributed by atoms with Crippen molar-refractivity contribution in [1.29, 1.82) is 0 Å². The minimum absolute atomic E-state index is 0.680. The number of aromatic amines is 2. The lowest BCUT2D eigenvalue weighted by atomic mass is 10.1. The number of hydrogen-bond donors (Lipinski definition) is 2. The Hall–Kier alpha value is -3.18. The highest BCUT2D eigenvalue weighted by Crippen LogP contribution is 2.25. The number of halogens is 1.